The molecule has 3 heterocycles. The summed E-state index contributed by atoms with van der Waals surface area (Å²) in [6, 6.07) is 10.1. The van der Waals surface area contributed by atoms with Gasteiger partial charge in [-0.1, -0.05) is 55.8 Å². The lowest BCUT2D eigenvalue weighted by molar-refractivity contribution is -0.153. The Hall–Kier alpha value is -2.14. The van der Waals surface area contributed by atoms with E-state index in [1.807, 2.05) is 35.3 Å². The number of carbonyl (C=O) groups is 2. The van der Waals surface area contributed by atoms with Crippen LogP contribution in [0.1, 0.15) is 25.3 Å². The van der Waals surface area contributed by atoms with E-state index in [1.54, 1.807) is 0 Å². The predicted molar refractivity (Wildman–Crippen MR) is 96.3 cm³/mol. The molecule has 26 heavy (non-hydrogen) atoms. The molecule has 0 saturated carbocycles. The van der Waals surface area contributed by atoms with Crippen LogP contribution in [0, 0.1) is 11.8 Å². The van der Waals surface area contributed by atoms with E-state index in [2.05, 4.69) is 19.1 Å². The molecule has 0 aromatic heterocycles. The van der Waals surface area contributed by atoms with Crippen molar-refractivity contribution in [2.45, 2.75) is 37.9 Å². The van der Waals surface area contributed by atoms with Crippen molar-refractivity contribution in [2.24, 2.45) is 11.8 Å². The minimum atomic E-state index is -0.646. The molecule has 0 unspecified atom stereocenters. The lowest BCUT2D eigenvalue weighted by atomic mass is 9.77. The number of unbranched alkanes of at least 4 members (excludes halogenated alkanes) is 1. The zero-order chi connectivity index (χ0) is 18.1. The summed E-state index contributed by atoms with van der Waals surface area (Å²) in [5.74, 6) is -1.23. The maximum absolute atomic E-state index is 13.0. The molecule has 4 rings (SSSR count). The summed E-state index contributed by atoms with van der Waals surface area (Å²) in [7, 11) is 0. The van der Waals surface area contributed by atoms with Gasteiger partial charge in [-0.15, -0.1) is 0 Å². The van der Waals surface area contributed by atoms with Gasteiger partial charge in [-0.2, -0.15) is 0 Å². The van der Waals surface area contributed by atoms with Gasteiger partial charge in [0.05, 0.1) is 25.2 Å². The predicted octanol–water partition coefficient (Wildman–Crippen LogP) is 2.35. The van der Waals surface area contributed by atoms with Crippen LogP contribution in [0.3, 0.4) is 0 Å². The van der Waals surface area contributed by atoms with Gasteiger partial charge in [-0.3, -0.25) is 9.59 Å². The molecule has 3 aliphatic rings. The fourth-order valence-corrected chi connectivity index (χ4v) is 4.36. The fourth-order valence-electron chi connectivity index (χ4n) is 4.36. The Morgan fingerprint density at radius 1 is 1.35 bits per heavy atom. The van der Waals surface area contributed by atoms with E-state index in [-0.39, 0.29) is 18.0 Å². The standard InChI is InChI=1S/C21H25NO4/c1-2-3-13-25-20(24)17-16-9-11-21(26-16)14-22(19(23)18(17)21)12-10-15-7-5-4-6-8-15/h4-9,11,16-18H,2-3,10,12-14H2,1H3/t16-,17-,18+,21+/m1/s1. The van der Waals surface area contributed by atoms with Crippen molar-refractivity contribution < 1.29 is 19.1 Å². The van der Waals surface area contributed by atoms with E-state index in [1.165, 1.54) is 5.56 Å². The summed E-state index contributed by atoms with van der Waals surface area (Å²) in [5, 5.41) is 0. The van der Waals surface area contributed by atoms with Crippen molar-refractivity contribution >= 4 is 11.9 Å². The third-order valence-corrected chi connectivity index (χ3v) is 5.71. The summed E-state index contributed by atoms with van der Waals surface area (Å²) >= 11 is 0. The second-order valence-corrected chi connectivity index (χ2v) is 7.42. The van der Waals surface area contributed by atoms with Crippen LogP contribution in [0.25, 0.3) is 0 Å². The number of carbonyl (C=O) groups excluding carboxylic acids is 2. The van der Waals surface area contributed by atoms with Gasteiger partial charge in [-0.25, -0.2) is 0 Å². The molecule has 2 fully saturated rings. The molecule has 5 nitrogen and oxygen atoms in total. The van der Waals surface area contributed by atoms with Gasteiger partial charge in [0.15, 0.2) is 0 Å². The van der Waals surface area contributed by atoms with E-state index < -0.39 is 17.4 Å². The Morgan fingerprint density at radius 2 is 2.15 bits per heavy atom. The summed E-state index contributed by atoms with van der Waals surface area (Å²) in [5.41, 5.74) is 0.554. The molecule has 0 N–H and O–H groups in total. The normalized spacial score (nSPS) is 31.5. The van der Waals surface area contributed by atoms with Crippen LogP contribution in [-0.4, -0.2) is 48.2 Å². The van der Waals surface area contributed by atoms with E-state index in [0.717, 1.165) is 19.3 Å². The number of hydrogen-bond donors (Lipinski definition) is 0. The molecule has 138 valence electrons. The van der Waals surface area contributed by atoms with Crippen LogP contribution < -0.4 is 0 Å². The minimum Gasteiger partial charge on any atom is -0.465 e. The van der Waals surface area contributed by atoms with Crippen LogP contribution in [0.15, 0.2) is 42.5 Å². The van der Waals surface area contributed by atoms with Crippen molar-refractivity contribution in [2.75, 3.05) is 19.7 Å². The molecule has 1 amide bonds. The molecule has 1 aromatic rings. The summed E-state index contributed by atoms with van der Waals surface area (Å²) in [4.78, 5) is 27.5. The van der Waals surface area contributed by atoms with E-state index in [0.29, 0.717) is 19.7 Å². The molecule has 2 saturated heterocycles. The number of esters is 1. The number of fused-ring (bicyclic) bond motifs is 1. The maximum Gasteiger partial charge on any atom is 0.312 e. The number of benzene rings is 1. The number of amides is 1. The highest BCUT2D eigenvalue weighted by Crippen LogP contribution is 2.52. The van der Waals surface area contributed by atoms with Crippen molar-refractivity contribution in [3.05, 3.63) is 48.0 Å². The van der Waals surface area contributed by atoms with Crippen LogP contribution in [-0.2, 0) is 25.5 Å². The van der Waals surface area contributed by atoms with Crippen LogP contribution in [0.4, 0.5) is 0 Å². The number of likely N-dealkylation sites (tertiary alicyclic amines) is 1. The first-order valence-corrected chi connectivity index (χ1v) is 9.51. The highest BCUT2D eigenvalue weighted by Gasteiger charge is 2.67. The lowest BCUT2D eigenvalue weighted by Gasteiger charge is -2.22. The van der Waals surface area contributed by atoms with Gasteiger partial charge in [0.1, 0.15) is 11.5 Å². The molecule has 4 atom stereocenters. The van der Waals surface area contributed by atoms with Gasteiger partial charge in [-0.05, 0) is 18.4 Å². The summed E-state index contributed by atoms with van der Waals surface area (Å²) in [6.45, 7) is 3.63. The van der Waals surface area contributed by atoms with E-state index in [9.17, 15) is 9.59 Å². The maximum atomic E-state index is 13.0. The minimum absolute atomic E-state index is 0.0187. The molecular formula is C21H25NO4. The number of rotatable bonds is 7. The number of ether oxygens (including phenoxy) is 2. The Morgan fingerprint density at radius 3 is 2.92 bits per heavy atom. The summed E-state index contributed by atoms with van der Waals surface area (Å²) in [6.07, 6.45) is 6.20. The Bertz CT molecular complexity index is 716. The first-order valence-electron chi connectivity index (χ1n) is 9.51. The molecule has 2 bridgehead atoms. The van der Waals surface area contributed by atoms with Gasteiger partial charge in [0.25, 0.3) is 0 Å². The SMILES string of the molecule is CCCCOC(=O)[C@H]1[C@H]2C(=O)N(CCc3ccccc3)C[C@@]23C=C[C@H]1O3. The van der Waals surface area contributed by atoms with E-state index in [4.69, 9.17) is 9.47 Å². The monoisotopic (exact) mass is 355 g/mol. The second kappa shape index (κ2) is 6.88. The Kier molecular flexibility index (Phi) is 4.57. The molecule has 1 spiro atoms. The molecule has 0 aliphatic carbocycles. The molecular weight excluding hydrogens is 330 g/mol. The second-order valence-electron chi connectivity index (χ2n) is 7.42. The third-order valence-electron chi connectivity index (χ3n) is 5.71. The summed E-state index contributed by atoms with van der Waals surface area (Å²) < 4.78 is 11.5. The molecule has 0 radical (unpaired) electrons. The zero-order valence-corrected chi connectivity index (χ0v) is 15.1. The van der Waals surface area contributed by atoms with Crippen LogP contribution in [0.5, 0.6) is 0 Å². The third kappa shape index (κ3) is 2.84. The van der Waals surface area contributed by atoms with Crippen LogP contribution in [0.2, 0.25) is 0 Å². The van der Waals surface area contributed by atoms with Gasteiger partial charge < -0.3 is 14.4 Å². The van der Waals surface area contributed by atoms with E-state index >= 15 is 0 Å². The van der Waals surface area contributed by atoms with Gasteiger partial charge in [0, 0.05) is 6.54 Å². The van der Waals surface area contributed by atoms with Gasteiger partial charge >= 0.3 is 5.97 Å². The Balaban J connectivity index is 1.45. The number of nitrogens with zero attached hydrogens (tertiary/aromatic N) is 1. The van der Waals surface area contributed by atoms with Crippen molar-refractivity contribution in [1.29, 1.82) is 0 Å². The lowest BCUT2D eigenvalue weighted by Crippen LogP contribution is -2.40. The topological polar surface area (TPSA) is 55.8 Å². The highest BCUT2D eigenvalue weighted by atomic mass is 16.6. The number of hydrogen-bond acceptors (Lipinski definition) is 4. The Labute approximate surface area is 154 Å². The highest BCUT2D eigenvalue weighted by molar-refractivity contribution is 5.91. The quantitative estimate of drug-likeness (QED) is 0.428. The van der Waals surface area contributed by atoms with Crippen molar-refractivity contribution in [3.8, 4) is 0 Å². The average molecular weight is 355 g/mol. The van der Waals surface area contributed by atoms with Crippen LogP contribution >= 0.6 is 0 Å². The molecule has 1 aromatic carbocycles. The first-order chi connectivity index (χ1) is 12.6. The fraction of sp³-hybridized carbons (Fsp3) is 0.524. The van der Waals surface area contributed by atoms with Crippen molar-refractivity contribution in [1.82, 2.24) is 4.90 Å². The largest absolute Gasteiger partial charge is 0.465 e. The zero-order valence-electron chi connectivity index (χ0n) is 15.1. The average Bonchev–Trinajstić information content (AvgIpc) is 3.29. The first kappa shape index (κ1) is 17.3. The van der Waals surface area contributed by atoms with Crippen molar-refractivity contribution in [3.63, 3.8) is 0 Å². The van der Waals surface area contributed by atoms with Gasteiger partial charge in [0.2, 0.25) is 5.91 Å². The molecule has 5 heteroatoms. The smallest absolute Gasteiger partial charge is 0.312 e. The molecule has 3 aliphatic heterocycles.